The van der Waals surface area contributed by atoms with Crippen LogP contribution in [0.4, 0.5) is 0 Å². The summed E-state index contributed by atoms with van der Waals surface area (Å²) < 4.78 is 32.6. The van der Waals surface area contributed by atoms with Gasteiger partial charge in [0.2, 0.25) is 0 Å². The molecule has 0 fully saturated rings. The molecule has 0 aromatic rings. The minimum absolute atomic E-state index is 0.0637. The van der Waals surface area contributed by atoms with Crippen LogP contribution in [-0.4, -0.2) is 88.1 Å². The van der Waals surface area contributed by atoms with Crippen molar-refractivity contribution in [3.05, 3.63) is 48.6 Å². The Morgan fingerprint density at radius 1 is 0.556 bits per heavy atom. The molecule has 0 amide bonds. The topological polar surface area (TPSA) is 189 Å². The van der Waals surface area contributed by atoms with Crippen molar-refractivity contribution < 1.29 is 58.0 Å². The van der Waals surface area contributed by atoms with Gasteiger partial charge >= 0.3 is 19.8 Å². The molecule has 0 aliphatic carbocycles. The monoisotopic (exact) mass is 915 g/mol. The molecule has 0 saturated carbocycles. The first-order valence-electron chi connectivity index (χ1n) is 24.7. The van der Waals surface area contributed by atoms with E-state index in [2.05, 4.69) is 25.3 Å². The second-order valence-corrected chi connectivity index (χ2v) is 18.8. The zero-order valence-electron chi connectivity index (χ0n) is 39.7. The number of allylic oxidation sites excluding steroid dienone is 6. The van der Waals surface area contributed by atoms with Crippen LogP contribution in [0.5, 0.6) is 0 Å². The van der Waals surface area contributed by atoms with Crippen LogP contribution >= 0.6 is 7.82 Å². The van der Waals surface area contributed by atoms with Crippen LogP contribution in [-0.2, 0) is 32.7 Å². The first kappa shape index (κ1) is 60.9. The molecule has 0 aliphatic rings. The van der Waals surface area contributed by atoms with Gasteiger partial charge in [-0.1, -0.05) is 204 Å². The van der Waals surface area contributed by atoms with Crippen molar-refractivity contribution in [2.75, 3.05) is 26.4 Å². The lowest BCUT2D eigenvalue weighted by atomic mass is 10.0. The van der Waals surface area contributed by atoms with Crippen LogP contribution in [0.3, 0.4) is 0 Å². The van der Waals surface area contributed by atoms with Gasteiger partial charge in [0.15, 0.2) is 6.10 Å². The summed E-state index contributed by atoms with van der Waals surface area (Å²) in [7, 11) is -4.69. The maximum atomic E-state index is 12.7. The summed E-state index contributed by atoms with van der Waals surface area (Å²) in [5.41, 5.74) is 0. The molecule has 63 heavy (non-hydrogen) atoms. The van der Waals surface area contributed by atoms with Crippen LogP contribution in [0.25, 0.3) is 0 Å². The molecule has 0 bridgehead atoms. The van der Waals surface area contributed by atoms with Crippen LogP contribution in [0.2, 0.25) is 0 Å². The number of hydrogen-bond donors (Lipinski definition) is 5. The van der Waals surface area contributed by atoms with Crippen molar-refractivity contribution in [3.8, 4) is 0 Å². The largest absolute Gasteiger partial charge is 0.472 e. The quantitative estimate of drug-likeness (QED) is 0.0168. The molecular weight excluding hydrogens is 824 g/mol. The molecule has 0 aromatic heterocycles. The highest BCUT2D eigenvalue weighted by Crippen LogP contribution is 2.43. The van der Waals surface area contributed by atoms with E-state index in [-0.39, 0.29) is 19.3 Å². The van der Waals surface area contributed by atoms with Crippen molar-refractivity contribution in [1.82, 2.24) is 0 Å². The van der Waals surface area contributed by atoms with Gasteiger partial charge in [-0.2, -0.15) is 0 Å². The lowest BCUT2D eigenvalue weighted by Gasteiger charge is -2.20. The summed E-state index contributed by atoms with van der Waals surface area (Å²) in [6.07, 6.45) is 40.1. The highest BCUT2D eigenvalue weighted by molar-refractivity contribution is 7.47. The zero-order chi connectivity index (χ0) is 46.7. The van der Waals surface area contributed by atoms with Gasteiger partial charge in [0, 0.05) is 12.8 Å². The number of ether oxygens (including phenoxy) is 2. The molecule has 0 rings (SSSR count). The third kappa shape index (κ3) is 44.8. The van der Waals surface area contributed by atoms with Crippen LogP contribution in [0.15, 0.2) is 48.6 Å². The van der Waals surface area contributed by atoms with Crippen molar-refractivity contribution in [2.24, 2.45) is 5.92 Å². The van der Waals surface area contributed by atoms with E-state index in [0.717, 1.165) is 50.9 Å². The van der Waals surface area contributed by atoms with Gasteiger partial charge in [-0.05, 0) is 38.0 Å². The molecule has 0 aliphatic heterocycles. The van der Waals surface area contributed by atoms with Gasteiger partial charge in [-0.15, -0.1) is 0 Å². The first-order valence-corrected chi connectivity index (χ1v) is 26.2. The number of esters is 2. The van der Waals surface area contributed by atoms with E-state index in [1.54, 1.807) is 18.2 Å². The third-order valence-corrected chi connectivity index (χ3v) is 11.6. The summed E-state index contributed by atoms with van der Waals surface area (Å²) >= 11 is 0. The molecule has 0 saturated heterocycles. The number of phosphoric acid groups is 1. The molecule has 5 atom stereocenters. The summed E-state index contributed by atoms with van der Waals surface area (Å²) in [6, 6.07) is 0. The second-order valence-electron chi connectivity index (χ2n) is 17.4. The van der Waals surface area contributed by atoms with E-state index in [1.165, 1.54) is 96.3 Å². The molecule has 0 radical (unpaired) electrons. The Hall–Kier alpha value is -2.15. The number of aliphatic hydroxyl groups excluding tert-OH is 4. The fraction of sp³-hybridized carbons (Fsp3) is 0.800. The molecule has 368 valence electrons. The molecule has 0 heterocycles. The third-order valence-electron chi connectivity index (χ3n) is 10.6. The van der Waals surface area contributed by atoms with Crippen molar-refractivity contribution >= 4 is 19.8 Å². The summed E-state index contributed by atoms with van der Waals surface area (Å²) in [5.74, 6) is -0.313. The van der Waals surface area contributed by atoms with E-state index in [0.29, 0.717) is 19.3 Å². The normalized spacial score (nSPS) is 15.2. The Morgan fingerprint density at radius 3 is 1.49 bits per heavy atom. The summed E-state index contributed by atoms with van der Waals surface area (Å²) in [5, 5.41) is 38.6. The number of aliphatic hydroxyl groups is 4. The van der Waals surface area contributed by atoms with Crippen LogP contribution in [0.1, 0.15) is 201 Å². The Balaban J connectivity index is 4.38. The van der Waals surface area contributed by atoms with Crippen LogP contribution in [0, 0.1) is 5.92 Å². The molecule has 13 heteroatoms. The second kappa shape index (κ2) is 43.7. The van der Waals surface area contributed by atoms with Gasteiger partial charge in [-0.25, -0.2) is 4.57 Å². The Kier molecular flexibility index (Phi) is 42.2. The number of carbonyl (C=O) groups is 2. The Morgan fingerprint density at radius 2 is 1.00 bits per heavy atom. The summed E-state index contributed by atoms with van der Waals surface area (Å²) in [4.78, 5) is 35.1. The molecule has 12 nitrogen and oxygen atoms in total. The maximum Gasteiger partial charge on any atom is 0.472 e. The average Bonchev–Trinajstić information content (AvgIpc) is 3.25. The van der Waals surface area contributed by atoms with Crippen LogP contribution < -0.4 is 0 Å². The van der Waals surface area contributed by atoms with Gasteiger partial charge < -0.3 is 34.8 Å². The van der Waals surface area contributed by atoms with E-state index in [9.17, 15) is 34.4 Å². The standard InChI is InChI=1S/C50H91O12P/c1-4-5-27-34-45(52)35-29-24-20-18-21-25-30-36-46(53)37-32-39-50(56)62-48(43-61-63(57,58)60-41-47(54)40-51)42-59-49(55)38-31-26-22-17-15-13-11-9-7-6-8-10-12-14-16-19-23-28-33-44(2)3/h20-21,24-25,29-30,35-36,44-48,51-54H,4-19,22-23,26-28,31-34,37-43H2,1-3H3,(H,57,58)/b24-20-,25-21-,35-29+,36-30+/t45-,46-,47+,48-/m1/s1. The van der Waals surface area contributed by atoms with Crippen molar-refractivity contribution in [3.63, 3.8) is 0 Å². The Bertz CT molecular complexity index is 1240. The lowest BCUT2D eigenvalue weighted by molar-refractivity contribution is -0.161. The smallest absolute Gasteiger partial charge is 0.462 e. The SMILES string of the molecule is CCCCC[C@@H](O)/C=C/C=C\C/C=C\C=C\[C@@H](O)CCCC(=O)O[C@H](COC(=O)CCCCCCCCCCCCCCCCCCCCC(C)C)COP(=O)(O)OC[C@@H](O)CO. The van der Waals surface area contributed by atoms with E-state index in [4.69, 9.17) is 19.1 Å². The van der Waals surface area contributed by atoms with E-state index < -0.39 is 70.6 Å². The average molecular weight is 915 g/mol. The maximum absolute atomic E-state index is 12.7. The highest BCUT2D eigenvalue weighted by Gasteiger charge is 2.27. The van der Waals surface area contributed by atoms with Crippen molar-refractivity contribution in [1.29, 1.82) is 0 Å². The number of unbranched alkanes of at least 4 members (excludes halogenated alkanes) is 19. The number of phosphoric ester groups is 1. The fourth-order valence-corrected chi connectivity index (χ4v) is 7.54. The number of carbonyl (C=O) groups excluding carboxylic acids is 2. The summed E-state index contributed by atoms with van der Waals surface area (Å²) in [6.45, 7) is 4.39. The molecule has 0 aromatic carbocycles. The first-order chi connectivity index (χ1) is 30.4. The zero-order valence-corrected chi connectivity index (χ0v) is 40.6. The lowest BCUT2D eigenvalue weighted by Crippen LogP contribution is -2.30. The number of rotatable bonds is 45. The highest BCUT2D eigenvalue weighted by atomic mass is 31.2. The fourth-order valence-electron chi connectivity index (χ4n) is 6.75. The predicted molar refractivity (Wildman–Crippen MR) is 254 cm³/mol. The Labute approximate surface area is 382 Å². The molecule has 0 spiro atoms. The van der Waals surface area contributed by atoms with Gasteiger partial charge in [0.05, 0.1) is 32.0 Å². The van der Waals surface area contributed by atoms with E-state index in [1.807, 2.05) is 30.4 Å². The van der Waals surface area contributed by atoms with Crippen molar-refractivity contribution in [2.45, 2.75) is 225 Å². The number of hydrogen-bond acceptors (Lipinski definition) is 11. The minimum Gasteiger partial charge on any atom is -0.462 e. The van der Waals surface area contributed by atoms with Gasteiger partial charge in [0.1, 0.15) is 12.7 Å². The van der Waals surface area contributed by atoms with Gasteiger partial charge in [0.25, 0.3) is 0 Å². The van der Waals surface area contributed by atoms with Gasteiger partial charge in [-0.3, -0.25) is 18.6 Å². The predicted octanol–water partition coefficient (Wildman–Crippen LogP) is 11.5. The minimum atomic E-state index is -4.69. The molecule has 1 unspecified atom stereocenters. The van der Waals surface area contributed by atoms with E-state index >= 15 is 0 Å². The molecular formula is C50H91O12P. The molecule has 5 N–H and O–H groups in total.